The highest BCUT2D eigenvalue weighted by atomic mass is 35.5. The minimum Gasteiger partial charge on any atom is -0.394 e. The number of carbonyl (C=O) groups is 1. The number of hydrogen-bond acceptors (Lipinski definition) is 7. The maximum absolute atomic E-state index is 12.2. The van der Waals surface area contributed by atoms with Gasteiger partial charge in [-0.25, -0.2) is 4.98 Å². The van der Waals surface area contributed by atoms with Crippen LogP contribution in [0.1, 0.15) is 19.3 Å². The van der Waals surface area contributed by atoms with Crippen LogP contribution >= 0.6 is 11.6 Å². The van der Waals surface area contributed by atoms with Gasteiger partial charge in [0.25, 0.3) is 0 Å². The summed E-state index contributed by atoms with van der Waals surface area (Å²) in [6.07, 6.45) is 8.07. The first-order valence-electron chi connectivity index (χ1n) is 9.56. The second kappa shape index (κ2) is 6.59. The highest BCUT2D eigenvalue weighted by molar-refractivity contribution is 6.32. The number of hydrogen-bond donors (Lipinski definition) is 3. The molecule has 2 aromatic heterocycles. The molecule has 0 radical (unpaired) electrons. The standard InChI is InChI=1S/C18H22ClN7O2/c19-14-7-20-17(22-13-6-21-26(9-13)3-4-27)23-15(14)25-8-12-5-18(12,10-25)24-16(28)11-1-2-11/h6-7,9,11-12,27H,1-5,8,10H2,(H,24,28)(H,20,22,23). The van der Waals surface area contributed by atoms with Crippen molar-refractivity contribution in [3.05, 3.63) is 23.6 Å². The Labute approximate surface area is 167 Å². The molecule has 0 bridgehead atoms. The number of carbonyl (C=O) groups excluding carboxylic acids is 1. The van der Waals surface area contributed by atoms with Crippen LogP contribution in [-0.2, 0) is 11.3 Å². The van der Waals surface area contributed by atoms with Crippen LogP contribution in [0.5, 0.6) is 0 Å². The van der Waals surface area contributed by atoms with E-state index in [1.807, 2.05) is 0 Å². The normalized spacial score (nSPS) is 25.5. The third kappa shape index (κ3) is 3.29. The Morgan fingerprint density at radius 1 is 1.39 bits per heavy atom. The van der Waals surface area contributed by atoms with Gasteiger partial charge in [0, 0.05) is 31.1 Å². The van der Waals surface area contributed by atoms with Crippen molar-refractivity contribution in [1.82, 2.24) is 25.1 Å². The van der Waals surface area contributed by atoms with Gasteiger partial charge >= 0.3 is 0 Å². The number of nitrogens with one attached hydrogen (secondary N) is 2. The van der Waals surface area contributed by atoms with E-state index >= 15 is 0 Å². The van der Waals surface area contributed by atoms with E-state index in [1.54, 1.807) is 23.3 Å². The van der Waals surface area contributed by atoms with Crippen LogP contribution < -0.4 is 15.5 Å². The predicted octanol–water partition coefficient (Wildman–Crippen LogP) is 1.17. The summed E-state index contributed by atoms with van der Waals surface area (Å²) in [5, 5.41) is 20.0. The highest BCUT2D eigenvalue weighted by Gasteiger charge is 2.62. The van der Waals surface area contributed by atoms with E-state index in [4.69, 9.17) is 16.7 Å². The van der Waals surface area contributed by atoms with Gasteiger partial charge in [0.2, 0.25) is 11.9 Å². The Hall–Kier alpha value is -2.39. The van der Waals surface area contributed by atoms with Crippen LogP contribution in [0.4, 0.5) is 17.5 Å². The summed E-state index contributed by atoms with van der Waals surface area (Å²) in [4.78, 5) is 23.2. The van der Waals surface area contributed by atoms with Crippen molar-refractivity contribution < 1.29 is 9.90 Å². The second-order valence-corrected chi connectivity index (χ2v) is 8.31. The molecular weight excluding hydrogens is 382 g/mol. The molecule has 1 saturated heterocycles. The van der Waals surface area contributed by atoms with Gasteiger partial charge in [0.1, 0.15) is 5.02 Å². The van der Waals surface area contributed by atoms with Crippen LogP contribution in [-0.4, -0.2) is 56.0 Å². The number of halogens is 1. The summed E-state index contributed by atoms with van der Waals surface area (Å²) >= 11 is 6.37. The van der Waals surface area contributed by atoms with Gasteiger partial charge in [-0.3, -0.25) is 9.48 Å². The van der Waals surface area contributed by atoms with Crippen molar-refractivity contribution in [2.24, 2.45) is 11.8 Å². The third-order valence-electron chi connectivity index (χ3n) is 5.71. The molecule has 3 heterocycles. The number of aromatic nitrogens is 4. The molecule has 2 saturated carbocycles. The molecule has 10 heteroatoms. The molecule has 148 valence electrons. The van der Waals surface area contributed by atoms with E-state index < -0.39 is 0 Å². The van der Waals surface area contributed by atoms with E-state index in [2.05, 4.69) is 30.6 Å². The minimum atomic E-state index is -0.118. The molecule has 3 fully saturated rings. The van der Waals surface area contributed by atoms with Crippen LogP contribution in [0.25, 0.3) is 0 Å². The van der Waals surface area contributed by atoms with Crippen molar-refractivity contribution >= 4 is 35.0 Å². The Morgan fingerprint density at radius 2 is 2.25 bits per heavy atom. The fourth-order valence-corrected chi connectivity index (χ4v) is 4.16. The zero-order chi connectivity index (χ0) is 19.3. The molecule has 2 unspecified atom stereocenters. The van der Waals surface area contributed by atoms with Crippen LogP contribution in [0.2, 0.25) is 5.02 Å². The monoisotopic (exact) mass is 403 g/mol. The molecule has 2 aliphatic carbocycles. The summed E-state index contributed by atoms with van der Waals surface area (Å²) in [5.74, 6) is 1.97. The number of nitrogens with zero attached hydrogens (tertiary/aromatic N) is 5. The van der Waals surface area contributed by atoms with Crippen molar-refractivity contribution in [3.63, 3.8) is 0 Å². The predicted molar refractivity (Wildman–Crippen MR) is 104 cm³/mol. The van der Waals surface area contributed by atoms with Crippen LogP contribution in [0.3, 0.4) is 0 Å². The average Bonchev–Trinajstić information content (AvgIpc) is 3.56. The molecule has 0 aromatic carbocycles. The highest BCUT2D eigenvalue weighted by Crippen LogP contribution is 2.51. The number of fused-ring (bicyclic) bond motifs is 1. The number of aliphatic hydroxyl groups is 1. The number of anilines is 3. The van der Waals surface area contributed by atoms with Crippen molar-refractivity contribution in [3.8, 4) is 0 Å². The van der Waals surface area contributed by atoms with E-state index in [9.17, 15) is 4.79 Å². The first kappa shape index (κ1) is 17.7. The van der Waals surface area contributed by atoms with E-state index in [0.717, 1.165) is 38.0 Å². The van der Waals surface area contributed by atoms with E-state index in [1.165, 1.54) is 0 Å². The molecule has 9 nitrogen and oxygen atoms in total. The number of rotatable bonds is 7. The summed E-state index contributed by atoms with van der Waals surface area (Å²) in [7, 11) is 0. The summed E-state index contributed by atoms with van der Waals surface area (Å²) in [6, 6.07) is 0. The SMILES string of the molecule is O=C(NC12CC1CN(c1nc(Nc3cnn(CCO)c3)ncc1Cl)C2)C1CC1. The largest absolute Gasteiger partial charge is 0.394 e. The molecule has 2 aromatic rings. The summed E-state index contributed by atoms with van der Waals surface area (Å²) < 4.78 is 1.64. The van der Waals surface area contributed by atoms with E-state index in [-0.39, 0.29) is 24.0 Å². The Morgan fingerprint density at radius 3 is 3.04 bits per heavy atom. The molecule has 1 aliphatic heterocycles. The van der Waals surface area contributed by atoms with Gasteiger partial charge in [-0.2, -0.15) is 10.1 Å². The van der Waals surface area contributed by atoms with Gasteiger partial charge < -0.3 is 20.6 Å². The number of aliphatic hydroxyl groups excluding tert-OH is 1. The lowest BCUT2D eigenvalue weighted by Gasteiger charge is -2.23. The van der Waals surface area contributed by atoms with Gasteiger partial charge in [-0.1, -0.05) is 11.6 Å². The minimum absolute atomic E-state index is 0.0257. The molecule has 28 heavy (non-hydrogen) atoms. The lowest BCUT2D eigenvalue weighted by molar-refractivity contribution is -0.123. The second-order valence-electron chi connectivity index (χ2n) is 7.91. The van der Waals surface area contributed by atoms with E-state index in [0.29, 0.717) is 29.3 Å². The molecule has 3 N–H and O–H groups in total. The third-order valence-corrected chi connectivity index (χ3v) is 5.98. The zero-order valence-corrected chi connectivity index (χ0v) is 16.1. The number of piperidine rings is 1. The Balaban J connectivity index is 1.29. The quantitative estimate of drug-likeness (QED) is 0.636. The lowest BCUT2D eigenvalue weighted by Crippen LogP contribution is -2.43. The Bertz CT molecular complexity index is 915. The summed E-state index contributed by atoms with van der Waals surface area (Å²) in [6.45, 7) is 2.01. The van der Waals surface area contributed by atoms with Crippen molar-refractivity contribution in [2.45, 2.75) is 31.3 Å². The van der Waals surface area contributed by atoms with Crippen LogP contribution in [0, 0.1) is 11.8 Å². The first-order chi connectivity index (χ1) is 13.6. The summed E-state index contributed by atoms with van der Waals surface area (Å²) in [5.41, 5.74) is 0.617. The molecule has 1 amide bonds. The van der Waals surface area contributed by atoms with Gasteiger partial charge in [0.15, 0.2) is 5.82 Å². The lowest BCUT2D eigenvalue weighted by atomic mass is 10.2. The van der Waals surface area contributed by atoms with Gasteiger partial charge in [-0.05, 0) is 19.3 Å². The molecule has 5 rings (SSSR count). The molecule has 0 spiro atoms. The first-order valence-corrected chi connectivity index (χ1v) is 9.94. The van der Waals surface area contributed by atoms with Crippen LogP contribution in [0.15, 0.2) is 18.6 Å². The molecule has 3 aliphatic rings. The maximum atomic E-state index is 12.2. The fourth-order valence-electron chi connectivity index (χ4n) is 3.95. The van der Waals surface area contributed by atoms with Gasteiger partial charge in [0.05, 0.1) is 36.8 Å². The zero-order valence-electron chi connectivity index (χ0n) is 15.3. The van der Waals surface area contributed by atoms with Crippen molar-refractivity contribution in [2.75, 3.05) is 29.9 Å². The molecular formula is C18H22ClN7O2. The fraction of sp³-hybridized carbons (Fsp3) is 0.556. The topological polar surface area (TPSA) is 108 Å². The maximum Gasteiger partial charge on any atom is 0.229 e. The average molecular weight is 404 g/mol. The number of amides is 1. The smallest absolute Gasteiger partial charge is 0.229 e. The molecule has 2 atom stereocenters. The van der Waals surface area contributed by atoms with Crippen molar-refractivity contribution in [1.29, 1.82) is 0 Å². The Kier molecular flexibility index (Phi) is 4.17. The van der Waals surface area contributed by atoms with Gasteiger partial charge in [-0.15, -0.1) is 0 Å².